The number of H-pyrrole nitrogens is 1. The number of aryl methyl sites for hydroxylation is 1. The molecule has 7 nitrogen and oxygen atoms in total. The number of hydrogen-bond acceptors (Lipinski definition) is 5. The number of carbonyl (C=O) groups excluding carboxylic acids is 1. The second-order valence-electron chi connectivity index (χ2n) is 7.32. The fourth-order valence-corrected chi connectivity index (χ4v) is 3.81. The van der Waals surface area contributed by atoms with Crippen molar-refractivity contribution in [3.63, 3.8) is 0 Å². The first-order valence-corrected chi connectivity index (χ1v) is 10.4. The van der Waals surface area contributed by atoms with Crippen LogP contribution in [0, 0.1) is 0 Å². The Hall–Kier alpha value is -2.61. The number of imidazole rings is 1. The first-order valence-electron chi connectivity index (χ1n) is 10.0. The van der Waals surface area contributed by atoms with Crippen LogP contribution in [0.3, 0.4) is 0 Å². The number of rotatable bonds is 7. The Labute approximate surface area is 180 Å². The molecular weight excluding hydrogens is 404 g/mol. The molecule has 2 N–H and O–H groups in total. The first-order chi connectivity index (χ1) is 14.6. The van der Waals surface area contributed by atoms with E-state index in [2.05, 4.69) is 20.2 Å². The van der Waals surface area contributed by atoms with Crippen molar-refractivity contribution in [1.29, 1.82) is 0 Å². The molecule has 1 amide bonds. The average Bonchev–Trinajstić information content (AvgIpc) is 3.14. The number of amides is 1. The van der Waals surface area contributed by atoms with Crippen LogP contribution in [-0.2, 0) is 22.5 Å². The quantitative estimate of drug-likeness (QED) is 0.600. The third kappa shape index (κ3) is 5.11. The summed E-state index contributed by atoms with van der Waals surface area (Å²) < 4.78 is 10.5. The van der Waals surface area contributed by atoms with Crippen molar-refractivity contribution < 1.29 is 14.3 Å². The molecule has 4 rings (SSSR count). The van der Waals surface area contributed by atoms with E-state index in [9.17, 15) is 4.79 Å². The predicted octanol–water partition coefficient (Wildman–Crippen LogP) is 3.63. The molecule has 0 bridgehead atoms. The van der Waals surface area contributed by atoms with Crippen LogP contribution in [0.2, 0.25) is 5.02 Å². The zero-order valence-corrected chi connectivity index (χ0v) is 17.7. The molecule has 1 fully saturated rings. The van der Waals surface area contributed by atoms with Crippen molar-refractivity contribution in [2.45, 2.75) is 19.4 Å². The number of nitrogens with zero attached hydrogens (tertiary/aromatic N) is 2. The minimum absolute atomic E-state index is 0.0469. The lowest BCUT2D eigenvalue weighted by molar-refractivity contribution is -0.116. The summed E-state index contributed by atoms with van der Waals surface area (Å²) in [5.74, 6) is 1.51. The number of benzene rings is 2. The second kappa shape index (κ2) is 9.47. The third-order valence-electron chi connectivity index (χ3n) is 5.15. The van der Waals surface area contributed by atoms with Gasteiger partial charge in [-0.3, -0.25) is 9.69 Å². The highest BCUT2D eigenvalue weighted by Gasteiger charge is 2.13. The van der Waals surface area contributed by atoms with Crippen LogP contribution >= 0.6 is 11.6 Å². The van der Waals surface area contributed by atoms with E-state index in [1.807, 2.05) is 36.4 Å². The summed E-state index contributed by atoms with van der Waals surface area (Å²) in [5.41, 5.74) is 3.55. The number of aromatic nitrogens is 2. The van der Waals surface area contributed by atoms with E-state index in [4.69, 9.17) is 21.1 Å². The maximum Gasteiger partial charge on any atom is 0.224 e. The van der Waals surface area contributed by atoms with E-state index in [1.165, 1.54) is 0 Å². The van der Waals surface area contributed by atoms with E-state index < -0.39 is 0 Å². The van der Waals surface area contributed by atoms with Crippen LogP contribution in [0.5, 0.6) is 5.75 Å². The highest BCUT2D eigenvalue weighted by Crippen LogP contribution is 2.25. The maximum atomic E-state index is 12.4. The van der Waals surface area contributed by atoms with Gasteiger partial charge >= 0.3 is 0 Å². The number of fused-ring (bicyclic) bond motifs is 1. The number of methoxy groups -OCH3 is 1. The van der Waals surface area contributed by atoms with Gasteiger partial charge in [0.2, 0.25) is 5.91 Å². The molecule has 3 aromatic rings. The molecule has 0 radical (unpaired) electrons. The van der Waals surface area contributed by atoms with Gasteiger partial charge in [0, 0.05) is 25.2 Å². The molecule has 0 unspecified atom stereocenters. The molecule has 2 aromatic carbocycles. The van der Waals surface area contributed by atoms with Gasteiger partial charge in [0.05, 0.1) is 42.9 Å². The Bertz CT molecular complexity index is 1030. The lowest BCUT2D eigenvalue weighted by Gasteiger charge is -2.25. The number of nitrogens with one attached hydrogen (secondary N) is 2. The Morgan fingerprint density at radius 2 is 2.10 bits per heavy atom. The minimum atomic E-state index is -0.0469. The molecule has 1 aliphatic heterocycles. The molecule has 0 saturated carbocycles. The van der Waals surface area contributed by atoms with E-state index in [1.54, 1.807) is 7.11 Å². The molecular formula is C22H25ClN4O3. The summed E-state index contributed by atoms with van der Waals surface area (Å²) in [6.07, 6.45) is 0.970. The molecule has 1 saturated heterocycles. The molecule has 8 heteroatoms. The molecule has 0 atom stereocenters. The number of halogens is 1. The van der Waals surface area contributed by atoms with Crippen LogP contribution in [0.15, 0.2) is 36.4 Å². The van der Waals surface area contributed by atoms with E-state index in [0.29, 0.717) is 23.6 Å². The standard InChI is InChI=1S/C22H25ClN4O3/c1-29-20-6-2-15(12-17(20)23)3-7-22(28)24-16-4-5-18-19(13-16)26-21(25-18)14-27-8-10-30-11-9-27/h2,4-6,12-13H,3,7-11,14H2,1H3,(H,24,28)(H,25,26). The van der Waals surface area contributed by atoms with Gasteiger partial charge in [-0.2, -0.15) is 0 Å². The number of ether oxygens (including phenoxy) is 2. The Morgan fingerprint density at radius 1 is 1.27 bits per heavy atom. The molecule has 30 heavy (non-hydrogen) atoms. The van der Waals surface area contributed by atoms with Gasteiger partial charge in [-0.05, 0) is 42.3 Å². The van der Waals surface area contributed by atoms with Crippen LogP contribution < -0.4 is 10.1 Å². The largest absolute Gasteiger partial charge is 0.495 e. The Balaban J connectivity index is 1.34. The average molecular weight is 429 g/mol. The van der Waals surface area contributed by atoms with Crippen molar-refractivity contribution in [1.82, 2.24) is 14.9 Å². The van der Waals surface area contributed by atoms with Crippen LogP contribution in [0.25, 0.3) is 11.0 Å². The molecule has 158 valence electrons. The number of carbonyl (C=O) groups is 1. The summed E-state index contributed by atoms with van der Waals surface area (Å²) in [6.45, 7) is 4.12. The van der Waals surface area contributed by atoms with Gasteiger partial charge in [0.25, 0.3) is 0 Å². The second-order valence-corrected chi connectivity index (χ2v) is 7.73. The van der Waals surface area contributed by atoms with Crippen LogP contribution in [-0.4, -0.2) is 54.2 Å². The number of morpholine rings is 1. The van der Waals surface area contributed by atoms with E-state index in [-0.39, 0.29) is 5.91 Å². The van der Waals surface area contributed by atoms with Gasteiger partial charge < -0.3 is 19.8 Å². The molecule has 1 aliphatic rings. The monoisotopic (exact) mass is 428 g/mol. The third-order valence-corrected chi connectivity index (χ3v) is 5.44. The molecule has 2 heterocycles. The zero-order valence-electron chi connectivity index (χ0n) is 16.9. The van der Waals surface area contributed by atoms with Crippen molar-refractivity contribution in [3.05, 3.63) is 52.8 Å². The fourth-order valence-electron chi connectivity index (χ4n) is 3.53. The van der Waals surface area contributed by atoms with Crippen molar-refractivity contribution in [3.8, 4) is 5.75 Å². The normalized spacial score (nSPS) is 14.7. The van der Waals surface area contributed by atoms with Gasteiger partial charge in [-0.15, -0.1) is 0 Å². The lowest BCUT2D eigenvalue weighted by Crippen LogP contribution is -2.35. The first kappa shape index (κ1) is 20.7. The smallest absolute Gasteiger partial charge is 0.224 e. The summed E-state index contributed by atoms with van der Waals surface area (Å²) in [7, 11) is 1.58. The van der Waals surface area contributed by atoms with Crippen molar-refractivity contribution in [2.24, 2.45) is 0 Å². The van der Waals surface area contributed by atoms with Gasteiger partial charge in [0.1, 0.15) is 11.6 Å². The number of anilines is 1. The highest BCUT2D eigenvalue weighted by molar-refractivity contribution is 6.32. The van der Waals surface area contributed by atoms with Crippen LogP contribution in [0.1, 0.15) is 17.8 Å². The van der Waals surface area contributed by atoms with Crippen molar-refractivity contribution >= 4 is 34.2 Å². The zero-order chi connectivity index (χ0) is 20.9. The predicted molar refractivity (Wildman–Crippen MR) is 117 cm³/mol. The molecule has 1 aromatic heterocycles. The SMILES string of the molecule is COc1ccc(CCC(=O)Nc2ccc3nc(CN4CCOCC4)[nH]c3c2)cc1Cl. The molecule has 0 spiro atoms. The number of hydrogen-bond donors (Lipinski definition) is 2. The van der Waals surface area contributed by atoms with Crippen molar-refractivity contribution in [2.75, 3.05) is 38.7 Å². The summed E-state index contributed by atoms with van der Waals surface area (Å²) in [4.78, 5) is 22.7. The Kier molecular flexibility index (Phi) is 6.52. The van der Waals surface area contributed by atoms with Crippen LogP contribution in [0.4, 0.5) is 5.69 Å². The Morgan fingerprint density at radius 3 is 2.87 bits per heavy atom. The van der Waals surface area contributed by atoms with Gasteiger partial charge in [-0.1, -0.05) is 17.7 Å². The fraction of sp³-hybridized carbons (Fsp3) is 0.364. The number of aromatic amines is 1. The van der Waals surface area contributed by atoms with E-state index >= 15 is 0 Å². The highest BCUT2D eigenvalue weighted by atomic mass is 35.5. The van der Waals surface area contributed by atoms with Gasteiger partial charge in [-0.25, -0.2) is 4.98 Å². The summed E-state index contributed by atoms with van der Waals surface area (Å²) >= 11 is 6.15. The minimum Gasteiger partial charge on any atom is -0.495 e. The van der Waals surface area contributed by atoms with E-state index in [0.717, 1.165) is 61.0 Å². The summed E-state index contributed by atoms with van der Waals surface area (Å²) in [5, 5.41) is 3.51. The lowest BCUT2D eigenvalue weighted by atomic mass is 10.1. The summed E-state index contributed by atoms with van der Waals surface area (Å²) in [6, 6.07) is 11.3. The maximum absolute atomic E-state index is 12.4. The molecule has 0 aliphatic carbocycles. The van der Waals surface area contributed by atoms with Gasteiger partial charge in [0.15, 0.2) is 0 Å². The topological polar surface area (TPSA) is 79.5 Å².